The first kappa shape index (κ1) is 77.3. The third-order valence-electron chi connectivity index (χ3n) is 5.87. The van der Waals surface area contributed by atoms with Crippen molar-refractivity contribution in [1.82, 2.24) is 0 Å². The fraction of sp³-hybridized carbons (Fsp3) is 0.786. The van der Waals surface area contributed by atoms with Crippen LogP contribution in [-0.2, 0) is 80.0 Å². The van der Waals surface area contributed by atoms with Crippen molar-refractivity contribution in [2.45, 2.75) is 99.4 Å². The Hall–Kier alpha value is -2.26. The van der Waals surface area contributed by atoms with Crippen LogP contribution in [-0.4, -0.2) is 187 Å². The summed E-state index contributed by atoms with van der Waals surface area (Å²) in [6.07, 6.45) is -12.1. The van der Waals surface area contributed by atoms with Crippen LogP contribution in [0.15, 0.2) is 0 Å². The molecule has 0 unspecified atom stereocenters. The van der Waals surface area contributed by atoms with Crippen molar-refractivity contribution in [2.24, 2.45) is 34.4 Å². The molecule has 10 atom stereocenters. The number of carbonyl (C=O) groups is 6. The molecule has 0 heterocycles. The third-order valence-corrected chi connectivity index (χ3v) is 5.87. The van der Waals surface area contributed by atoms with Gasteiger partial charge in [0.25, 0.3) is 0 Å². The minimum Gasteiger partial charge on any atom is -0.549 e. The Balaban J connectivity index is -0.0000000741. The zero-order valence-electron chi connectivity index (χ0n) is 31.0. The van der Waals surface area contributed by atoms with Gasteiger partial charge in [-0.15, -0.1) is 0 Å². The van der Waals surface area contributed by atoms with E-state index in [-0.39, 0.29) is 64.3 Å². The maximum atomic E-state index is 10.0. The first-order chi connectivity index (χ1) is 25.7. The normalized spacial score (nSPS) is 14.6. The van der Waals surface area contributed by atoms with E-state index in [0.717, 1.165) is 25.7 Å². The molecule has 0 fully saturated rings. The number of carboxylic acids is 6. The van der Waals surface area contributed by atoms with Crippen molar-refractivity contribution >= 4 is 35.8 Å². The number of carboxylic acid groups (broad SMARTS) is 6. The van der Waals surface area contributed by atoms with Crippen LogP contribution in [0.5, 0.6) is 0 Å². The van der Waals surface area contributed by atoms with Crippen molar-refractivity contribution in [3.63, 3.8) is 0 Å². The van der Waals surface area contributed by atoms with E-state index in [1.54, 1.807) is 0 Å². The molecule has 28 nitrogen and oxygen atoms in total. The summed E-state index contributed by atoms with van der Waals surface area (Å²) in [7, 11) is 0. The molecule has 0 aromatic heterocycles. The van der Waals surface area contributed by atoms with Crippen LogP contribution in [0.1, 0.15) is 38.5 Å². The Labute approximate surface area is 369 Å². The number of hydrogen-bond donors (Lipinski definition) is 16. The Bertz CT molecular complexity index is 973. The van der Waals surface area contributed by atoms with E-state index in [1.807, 2.05) is 0 Å². The fourth-order valence-electron chi connectivity index (χ4n) is 2.58. The Morgan fingerprint density at radius 3 is 0.780 bits per heavy atom. The molecule has 3 radical (unpaired) electrons. The Morgan fingerprint density at radius 2 is 0.644 bits per heavy atom. The van der Waals surface area contributed by atoms with Gasteiger partial charge in [-0.05, 0) is 38.8 Å². The van der Waals surface area contributed by atoms with Crippen LogP contribution in [0.3, 0.4) is 0 Å². The number of aliphatic hydroxyl groups is 10. The van der Waals surface area contributed by atoms with E-state index in [0.29, 0.717) is 25.9 Å². The molecule has 0 aromatic rings. The molecule has 0 aliphatic rings. The van der Waals surface area contributed by atoms with Crippen molar-refractivity contribution in [2.75, 3.05) is 39.4 Å². The molecule has 0 saturated heterocycles. The standard InChI is InChI=1S/2C6H14N2O2.2C6H12O7.2C2H5NO2.3Cu/c2*7-4-2-1-3-5(8)6(9)10;2*7-1-2(8)3(9)4(10)5(11)6(12)13;2*3-1-2(4)5;;;/h2*5H,1-4,7-8H2,(H,9,10);2*2-5,7-11H,1H2,(H,12,13);2*1,3H2,(H,4,5);;;/q;;;;;;3*+2/p-6/t2*5-;2*2-,3-,4+,5-;;;;;/m0011...../s1. The van der Waals surface area contributed by atoms with E-state index >= 15 is 0 Å². The molecule has 59 heavy (non-hydrogen) atoms. The summed E-state index contributed by atoms with van der Waals surface area (Å²) in [4.78, 5) is 58.3. The van der Waals surface area contributed by atoms with Gasteiger partial charge in [-0.25, -0.2) is 0 Å². The number of hydrogen-bond acceptors (Lipinski definition) is 28. The second-order valence-electron chi connectivity index (χ2n) is 10.6. The average molecular weight is 1020 g/mol. The maximum Gasteiger partial charge on any atom is 2.00 e. The van der Waals surface area contributed by atoms with Gasteiger partial charge in [0.05, 0.1) is 49.0 Å². The largest absolute Gasteiger partial charge is 2.00 e. The topological polar surface area (TPSA) is 599 Å². The monoisotopic (exact) mass is 1020 g/mol. The van der Waals surface area contributed by atoms with Crippen molar-refractivity contribution in [1.29, 1.82) is 0 Å². The van der Waals surface area contributed by atoms with Gasteiger partial charge in [-0.3, -0.25) is 0 Å². The molecule has 0 saturated carbocycles. The van der Waals surface area contributed by atoms with Gasteiger partial charge in [0.2, 0.25) is 0 Å². The molecule has 0 aromatic carbocycles. The number of aliphatic carboxylic acids is 6. The number of nitrogens with two attached hydrogens (primary N) is 6. The molecule has 0 aliphatic carbocycles. The molecule has 0 rings (SSSR count). The van der Waals surface area contributed by atoms with Crippen LogP contribution in [0.2, 0.25) is 0 Å². The average Bonchev–Trinajstić information content (AvgIpc) is 3.16. The summed E-state index contributed by atoms with van der Waals surface area (Å²) in [6.45, 7) is -1.34. The second kappa shape index (κ2) is 50.1. The Morgan fingerprint density at radius 1 is 0.424 bits per heavy atom. The summed E-state index contributed by atoms with van der Waals surface area (Å²) < 4.78 is 0. The second-order valence-corrected chi connectivity index (χ2v) is 10.6. The van der Waals surface area contributed by atoms with Gasteiger partial charge in [0.15, 0.2) is 0 Å². The fourth-order valence-corrected chi connectivity index (χ4v) is 2.58. The van der Waals surface area contributed by atoms with Crippen LogP contribution in [0, 0.1) is 0 Å². The summed E-state index contributed by atoms with van der Waals surface area (Å²) in [5.74, 6) is -8.75. The van der Waals surface area contributed by atoms with Gasteiger partial charge in [-0.2, -0.15) is 0 Å². The minimum absolute atomic E-state index is 0. The van der Waals surface area contributed by atoms with Crippen molar-refractivity contribution in [3.8, 4) is 0 Å². The summed E-state index contributed by atoms with van der Waals surface area (Å²) >= 11 is 0. The van der Waals surface area contributed by atoms with Crippen LogP contribution >= 0.6 is 0 Å². The van der Waals surface area contributed by atoms with Gasteiger partial charge >= 0.3 is 51.2 Å². The molecular weight excluding hydrogens is 963 g/mol. The van der Waals surface area contributed by atoms with E-state index < -0.39 is 110 Å². The summed E-state index contributed by atoms with van der Waals surface area (Å²) in [5, 5.41) is 145. The quantitative estimate of drug-likeness (QED) is 0.0354. The third kappa shape index (κ3) is 51.8. The van der Waals surface area contributed by atoms with Crippen molar-refractivity contribution < 1.29 is 162 Å². The smallest absolute Gasteiger partial charge is 0.549 e. The van der Waals surface area contributed by atoms with Gasteiger partial charge in [-0.1, -0.05) is 12.8 Å². The van der Waals surface area contributed by atoms with E-state index in [2.05, 4.69) is 11.5 Å². The predicted octanol–water partition coefficient (Wildman–Crippen LogP) is -17.9. The molecule has 0 spiro atoms. The number of carbonyl (C=O) groups excluding carboxylic acids is 6. The minimum atomic E-state index is -2.31. The molecule has 363 valence electrons. The molecule has 0 amide bonds. The van der Waals surface area contributed by atoms with Gasteiger partial charge in [0.1, 0.15) is 48.8 Å². The SMILES string of the molecule is NCC(=O)[O-].NCC(=O)[O-].NCCCC[C@H](N)C(=O)[O-].NCCCC[C@H](N)C(=O)[O-].O=C([O-])[C@H](O)[C@@H](O)[C@H](O)[C@H](O)CO.O=C([O-])[C@H](O)[C@@H](O)[C@H](O)[C@H](O)CO.[Cu+2].[Cu+2].[Cu+2]. The summed E-state index contributed by atoms with van der Waals surface area (Å²) in [6, 6.07) is -1.65. The van der Waals surface area contributed by atoms with Crippen molar-refractivity contribution in [3.05, 3.63) is 0 Å². The predicted molar refractivity (Wildman–Crippen MR) is 172 cm³/mol. The van der Waals surface area contributed by atoms with Crippen LogP contribution in [0.4, 0.5) is 0 Å². The Kier molecular flexibility index (Phi) is 65.7. The number of aliphatic hydroxyl groups excluding tert-OH is 10. The first-order valence-corrected chi connectivity index (χ1v) is 15.9. The molecule has 22 N–H and O–H groups in total. The van der Waals surface area contributed by atoms with E-state index in [1.165, 1.54) is 0 Å². The molecular formula is C28H56Cu3N6O22. The zero-order chi connectivity index (χ0) is 45.7. The molecule has 0 aliphatic heterocycles. The maximum absolute atomic E-state index is 10.0. The van der Waals surface area contributed by atoms with Crippen LogP contribution in [0.25, 0.3) is 0 Å². The van der Waals surface area contributed by atoms with E-state index in [9.17, 15) is 39.6 Å². The summed E-state index contributed by atoms with van der Waals surface area (Å²) in [5.41, 5.74) is 29.7. The van der Waals surface area contributed by atoms with Gasteiger partial charge in [0, 0.05) is 25.2 Å². The van der Waals surface area contributed by atoms with Crippen LogP contribution < -0.4 is 65.0 Å². The molecule has 0 bridgehead atoms. The zero-order valence-corrected chi connectivity index (χ0v) is 33.8. The molecule has 31 heteroatoms. The number of rotatable bonds is 22. The van der Waals surface area contributed by atoms with E-state index in [4.69, 9.17) is 93.8 Å². The first-order valence-electron chi connectivity index (χ1n) is 15.9. The number of unbranched alkanes of at least 4 members (excludes halogenated alkanes) is 2. The van der Waals surface area contributed by atoms with Gasteiger partial charge < -0.3 is 145 Å².